The minimum atomic E-state index is -0.930. The zero-order valence-corrected chi connectivity index (χ0v) is 12.0. The van der Waals surface area contributed by atoms with E-state index in [9.17, 15) is 14.4 Å². The summed E-state index contributed by atoms with van der Waals surface area (Å²) < 4.78 is 0. The lowest BCUT2D eigenvalue weighted by Crippen LogP contribution is -2.41. The first-order valence-corrected chi connectivity index (χ1v) is 7.86. The predicted molar refractivity (Wildman–Crippen MR) is 75.0 cm³/mol. The van der Waals surface area contributed by atoms with Gasteiger partial charge in [-0.1, -0.05) is 19.1 Å². The summed E-state index contributed by atoms with van der Waals surface area (Å²) in [5.41, 5.74) is 0. The topological polar surface area (TPSA) is 51.2 Å². The van der Waals surface area contributed by atoms with Crippen molar-refractivity contribution in [3.05, 3.63) is 12.2 Å². The Hall–Kier alpha value is -1.25. The lowest BCUT2D eigenvalue weighted by atomic mass is 9.69. The van der Waals surface area contributed by atoms with Gasteiger partial charge in [0.25, 0.3) is 0 Å². The van der Waals surface area contributed by atoms with Gasteiger partial charge >= 0.3 is 0 Å². The van der Waals surface area contributed by atoms with Gasteiger partial charge in [0.15, 0.2) is 17.3 Å². The van der Waals surface area contributed by atoms with Crippen LogP contribution >= 0.6 is 0 Å². The maximum Gasteiger partial charge on any atom is 0.151 e. The summed E-state index contributed by atoms with van der Waals surface area (Å²) >= 11 is 0. The highest BCUT2D eigenvalue weighted by atomic mass is 16.2. The smallest absolute Gasteiger partial charge is 0.151 e. The van der Waals surface area contributed by atoms with Crippen LogP contribution in [0.3, 0.4) is 0 Å². The summed E-state index contributed by atoms with van der Waals surface area (Å²) in [4.78, 5) is 36.4. The van der Waals surface area contributed by atoms with E-state index in [1.807, 2.05) is 6.92 Å². The molecule has 3 aliphatic carbocycles. The van der Waals surface area contributed by atoms with Crippen LogP contribution in [0.5, 0.6) is 0 Å². The van der Waals surface area contributed by atoms with Crippen molar-refractivity contribution in [2.75, 3.05) is 0 Å². The van der Waals surface area contributed by atoms with Crippen molar-refractivity contribution >= 4 is 17.3 Å². The highest BCUT2D eigenvalue weighted by molar-refractivity contribution is 6.20. The Bertz CT molecular complexity index is 459. The molecule has 0 aromatic rings. The SMILES string of the molecule is CCCC(=O)C1C(=O)CC(C2CC3C=CC2C3)CC1=O. The molecular weight excluding hydrogens is 252 g/mol. The molecule has 0 aromatic heterocycles. The van der Waals surface area contributed by atoms with E-state index in [4.69, 9.17) is 0 Å². The van der Waals surface area contributed by atoms with E-state index in [1.54, 1.807) is 0 Å². The molecule has 0 radical (unpaired) electrons. The Morgan fingerprint density at radius 3 is 2.35 bits per heavy atom. The zero-order valence-electron chi connectivity index (χ0n) is 12.0. The van der Waals surface area contributed by atoms with Crippen LogP contribution in [0.4, 0.5) is 0 Å². The molecule has 3 nitrogen and oxygen atoms in total. The molecule has 0 N–H and O–H groups in total. The molecule has 3 rings (SSSR count). The molecule has 0 amide bonds. The lowest BCUT2D eigenvalue weighted by Gasteiger charge is -2.32. The van der Waals surface area contributed by atoms with E-state index in [0.717, 1.165) is 6.42 Å². The molecule has 0 aromatic carbocycles. The second-order valence-electron chi connectivity index (χ2n) is 6.69. The molecule has 0 spiro atoms. The van der Waals surface area contributed by atoms with E-state index in [-0.39, 0.29) is 23.3 Å². The quantitative estimate of drug-likeness (QED) is 0.585. The molecule has 20 heavy (non-hydrogen) atoms. The van der Waals surface area contributed by atoms with Crippen LogP contribution in [0.15, 0.2) is 12.2 Å². The molecule has 0 saturated heterocycles. The maximum absolute atomic E-state index is 12.2. The number of Topliss-reactive ketones (excluding diaryl/α,β-unsaturated/α-hetero) is 3. The van der Waals surface area contributed by atoms with E-state index < -0.39 is 5.92 Å². The summed E-state index contributed by atoms with van der Waals surface area (Å²) in [5.74, 6) is 0.575. The predicted octanol–water partition coefficient (Wildman–Crippen LogP) is 2.73. The van der Waals surface area contributed by atoms with Gasteiger partial charge in [-0.05, 0) is 42.9 Å². The van der Waals surface area contributed by atoms with Crippen LogP contribution in [0, 0.1) is 29.6 Å². The number of rotatable bonds is 4. The van der Waals surface area contributed by atoms with Crippen LogP contribution in [-0.2, 0) is 14.4 Å². The largest absolute Gasteiger partial charge is 0.298 e. The molecule has 2 saturated carbocycles. The van der Waals surface area contributed by atoms with Crippen LogP contribution in [0.1, 0.15) is 45.4 Å². The van der Waals surface area contributed by atoms with Crippen molar-refractivity contribution in [2.24, 2.45) is 29.6 Å². The second-order valence-corrected chi connectivity index (χ2v) is 6.69. The number of fused-ring (bicyclic) bond motifs is 2. The molecule has 3 heteroatoms. The Morgan fingerprint density at radius 2 is 1.85 bits per heavy atom. The van der Waals surface area contributed by atoms with Crippen molar-refractivity contribution in [2.45, 2.75) is 45.4 Å². The summed E-state index contributed by atoms with van der Waals surface area (Å²) in [7, 11) is 0. The van der Waals surface area contributed by atoms with Crippen LogP contribution in [-0.4, -0.2) is 17.3 Å². The number of allylic oxidation sites excluding steroid dienone is 2. The first-order valence-electron chi connectivity index (χ1n) is 7.86. The Balaban J connectivity index is 1.68. The van der Waals surface area contributed by atoms with Gasteiger partial charge in [0.1, 0.15) is 5.92 Å². The molecule has 2 fully saturated rings. The number of carbonyl (C=O) groups excluding carboxylic acids is 3. The normalized spacial score (nSPS) is 39.5. The Kier molecular flexibility index (Phi) is 3.61. The highest BCUT2D eigenvalue weighted by Gasteiger charge is 2.46. The average Bonchev–Trinajstić information content (AvgIpc) is 3.00. The van der Waals surface area contributed by atoms with Gasteiger partial charge in [0.05, 0.1) is 0 Å². The van der Waals surface area contributed by atoms with Gasteiger partial charge in [0, 0.05) is 19.3 Å². The lowest BCUT2D eigenvalue weighted by molar-refractivity contribution is -0.144. The molecule has 108 valence electrons. The van der Waals surface area contributed by atoms with Gasteiger partial charge in [0.2, 0.25) is 0 Å². The fourth-order valence-corrected chi connectivity index (χ4v) is 4.42. The van der Waals surface area contributed by atoms with Crippen LogP contribution < -0.4 is 0 Å². The van der Waals surface area contributed by atoms with E-state index in [0.29, 0.717) is 43.4 Å². The fraction of sp³-hybridized carbons (Fsp3) is 0.706. The van der Waals surface area contributed by atoms with E-state index >= 15 is 0 Å². The first kappa shape index (κ1) is 13.7. The molecular formula is C17H22O3. The van der Waals surface area contributed by atoms with Crippen LogP contribution in [0.2, 0.25) is 0 Å². The van der Waals surface area contributed by atoms with Crippen molar-refractivity contribution in [3.63, 3.8) is 0 Å². The minimum Gasteiger partial charge on any atom is -0.298 e. The third-order valence-corrected chi connectivity index (χ3v) is 5.32. The third kappa shape index (κ3) is 2.27. The zero-order chi connectivity index (χ0) is 14.3. The van der Waals surface area contributed by atoms with Crippen molar-refractivity contribution in [3.8, 4) is 0 Å². The summed E-state index contributed by atoms with van der Waals surface area (Å²) in [6.45, 7) is 1.90. The van der Waals surface area contributed by atoms with Crippen molar-refractivity contribution < 1.29 is 14.4 Å². The van der Waals surface area contributed by atoms with Crippen LogP contribution in [0.25, 0.3) is 0 Å². The Morgan fingerprint density at radius 1 is 1.15 bits per heavy atom. The molecule has 0 heterocycles. The molecule has 3 atom stereocenters. The van der Waals surface area contributed by atoms with Gasteiger partial charge in [-0.2, -0.15) is 0 Å². The fourth-order valence-electron chi connectivity index (χ4n) is 4.42. The summed E-state index contributed by atoms with van der Waals surface area (Å²) in [5, 5.41) is 0. The van der Waals surface area contributed by atoms with E-state index in [1.165, 1.54) is 6.42 Å². The summed E-state index contributed by atoms with van der Waals surface area (Å²) in [6.07, 6.45) is 8.80. The summed E-state index contributed by atoms with van der Waals surface area (Å²) in [6, 6.07) is 0. The average molecular weight is 274 g/mol. The van der Waals surface area contributed by atoms with E-state index in [2.05, 4.69) is 12.2 Å². The number of hydrogen-bond acceptors (Lipinski definition) is 3. The van der Waals surface area contributed by atoms with Crippen molar-refractivity contribution in [1.82, 2.24) is 0 Å². The monoisotopic (exact) mass is 274 g/mol. The molecule has 3 unspecified atom stereocenters. The van der Waals surface area contributed by atoms with Gasteiger partial charge < -0.3 is 0 Å². The highest BCUT2D eigenvalue weighted by Crippen LogP contribution is 2.49. The van der Waals surface area contributed by atoms with Gasteiger partial charge in [-0.15, -0.1) is 0 Å². The number of hydrogen-bond donors (Lipinski definition) is 0. The molecule has 2 bridgehead atoms. The molecule has 0 aliphatic heterocycles. The Labute approximate surface area is 119 Å². The standard InChI is InChI=1S/C17H22O3/c1-2-3-14(18)17-15(19)8-12(9-16(17)20)13-7-10-4-5-11(13)6-10/h4-5,10-13,17H,2-3,6-9H2,1H3. The second kappa shape index (κ2) is 5.27. The number of carbonyl (C=O) groups is 3. The number of ketones is 3. The first-order chi connectivity index (χ1) is 9.60. The maximum atomic E-state index is 12.2. The molecule has 3 aliphatic rings. The minimum absolute atomic E-state index is 0.114. The third-order valence-electron chi connectivity index (χ3n) is 5.32. The van der Waals surface area contributed by atoms with Crippen molar-refractivity contribution in [1.29, 1.82) is 0 Å². The van der Waals surface area contributed by atoms with Gasteiger partial charge in [-0.3, -0.25) is 14.4 Å². The van der Waals surface area contributed by atoms with Gasteiger partial charge in [-0.25, -0.2) is 0 Å².